The van der Waals surface area contributed by atoms with E-state index in [1.807, 2.05) is 6.92 Å². The molecule has 0 spiro atoms. The molecule has 0 radical (unpaired) electrons. The van der Waals surface area contributed by atoms with Crippen LogP contribution in [0.5, 0.6) is 17.2 Å². The molecule has 1 amide bonds. The average Bonchev–Trinajstić information content (AvgIpc) is 2.84. The first-order chi connectivity index (χ1) is 16.0. The van der Waals surface area contributed by atoms with Gasteiger partial charge in [0.05, 0.1) is 18.4 Å². The van der Waals surface area contributed by atoms with E-state index in [4.69, 9.17) is 14.2 Å². The van der Waals surface area contributed by atoms with Gasteiger partial charge in [-0.05, 0) is 84.8 Å². The number of nitrogens with one attached hydrogen (secondary N) is 1. The molecule has 0 saturated heterocycles. The van der Waals surface area contributed by atoms with Crippen LogP contribution in [0, 0.1) is 5.82 Å². The van der Waals surface area contributed by atoms with Crippen LogP contribution in [-0.2, 0) is 4.79 Å². The lowest BCUT2D eigenvalue weighted by Gasteiger charge is -2.07. The molecule has 3 rings (SSSR count). The maximum absolute atomic E-state index is 12.8. The van der Waals surface area contributed by atoms with Crippen molar-refractivity contribution in [3.05, 3.63) is 89.7 Å². The van der Waals surface area contributed by atoms with Crippen LogP contribution < -0.4 is 19.6 Å². The van der Waals surface area contributed by atoms with Gasteiger partial charge in [0.1, 0.15) is 23.1 Å². The summed E-state index contributed by atoms with van der Waals surface area (Å²) in [7, 11) is 0. The Morgan fingerprint density at radius 3 is 2.15 bits per heavy atom. The van der Waals surface area contributed by atoms with Gasteiger partial charge >= 0.3 is 5.97 Å². The molecule has 33 heavy (non-hydrogen) atoms. The van der Waals surface area contributed by atoms with E-state index in [-0.39, 0.29) is 12.4 Å². The highest BCUT2D eigenvalue weighted by Crippen LogP contribution is 2.16. The van der Waals surface area contributed by atoms with E-state index in [1.165, 1.54) is 30.5 Å². The summed E-state index contributed by atoms with van der Waals surface area (Å²) in [6.07, 6.45) is 2.35. The Morgan fingerprint density at radius 2 is 1.48 bits per heavy atom. The van der Waals surface area contributed by atoms with Gasteiger partial charge < -0.3 is 14.2 Å². The molecule has 8 heteroatoms. The number of halogens is 1. The molecule has 3 aromatic carbocycles. The van der Waals surface area contributed by atoms with Gasteiger partial charge in [-0.25, -0.2) is 14.6 Å². The molecule has 0 aliphatic carbocycles. The smallest absolute Gasteiger partial charge is 0.343 e. The van der Waals surface area contributed by atoms with Crippen molar-refractivity contribution in [1.29, 1.82) is 0 Å². The zero-order valence-electron chi connectivity index (χ0n) is 18.0. The van der Waals surface area contributed by atoms with Crippen molar-refractivity contribution < 1.29 is 28.2 Å². The fourth-order valence-corrected chi connectivity index (χ4v) is 2.59. The van der Waals surface area contributed by atoms with Crippen molar-refractivity contribution in [2.45, 2.75) is 13.3 Å². The van der Waals surface area contributed by atoms with Gasteiger partial charge in [0, 0.05) is 0 Å². The second-order valence-electron chi connectivity index (χ2n) is 6.87. The molecular weight excluding hydrogens is 427 g/mol. The Labute approximate surface area is 190 Å². The minimum absolute atomic E-state index is 0.260. The normalized spacial score (nSPS) is 10.6. The molecule has 0 aliphatic heterocycles. The minimum atomic E-state index is -0.480. The molecule has 1 N–H and O–H groups in total. The van der Waals surface area contributed by atoms with E-state index in [0.29, 0.717) is 35.0 Å². The van der Waals surface area contributed by atoms with Crippen LogP contribution in [-0.4, -0.2) is 31.3 Å². The van der Waals surface area contributed by atoms with Crippen molar-refractivity contribution >= 4 is 18.1 Å². The van der Waals surface area contributed by atoms with E-state index >= 15 is 0 Å². The van der Waals surface area contributed by atoms with Gasteiger partial charge in [-0.2, -0.15) is 5.10 Å². The van der Waals surface area contributed by atoms with E-state index < -0.39 is 11.9 Å². The largest absolute Gasteiger partial charge is 0.494 e. The third-order valence-electron chi connectivity index (χ3n) is 4.24. The topological polar surface area (TPSA) is 86.2 Å². The van der Waals surface area contributed by atoms with Crippen molar-refractivity contribution in [1.82, 2.24) is 5.43 Å². The van der Waals surface area contributed by atoms with Crippen LogP contribution >= 0.6 is 0 Å². The van der Waals surface area contributed by atoms with Gasteiger partial charge in [0.15, 0.2) is 6.61 Å². The Morgan fingerprint density at radius 1 is 0.879 bits per heavy atom. The third-order valence-corrected chi connectivity index (χ3v) is 4.24. The summed E-state index contributed by atoms with van der Waals surface area (Å²) >= 11 is 0. The van der Waals surface area contributed by atoms with Crippen molar-refractivity contribution in [2.24, 2.45) is 5.10 Å². The lowest BCUT2D eigenvalue weighted by molar-refractivity contribution is -0.123. The number of carbonyl (C=O) groups excluding carboxylic acids is 2. The highest BCUT2D eigenvalue weighted by Gasteiger charge is 2.09. The monoisotopic (exact) mass is 450 g/mol. The van der Waals surface area contributed by atoms with Crippen LogP contribution in [0.2, 0.25) is 0 Å². The molecule has 0 heterocycles. The van der Waals surface area contributed by atoms with E-state index in [2.05, 4.69) is 10.5 Å². The molecule has 0 bridgehead atoms. The average molecular weight is 450 g/mol. The molecule has 0 atom stereocenters. The fraction of sp³-hybridized carbons (Fsp3) is 0.160. The van der Waals surface area contributed by atoms with Gasteiger partial charge in [0.25, 0.3) is 5.91 Å². The van der Waals surface area contributed by atoms with Gasteiger partial charge in [-0.1, -0.05) is 6.92 Å². The summed E-state index contributed by atoms with van der Waals surface area (Å²) in [5.41, 5.74) is 3.43. The fourth-order valence-electron chi connectivity index (χ4n) is 2.59. The number of hydrazone groups is 1. The van der Waals surface area contributed by atoms with Gasteiger partial charge in [-0.3, -0.25) is 4.79 Å². The summed E-state index contributed by atoms with van der Waals surface area (Å²) in [6.45, 7) is 2.38. The van der Waals surface area contributed by atoms with E-state index in [9.17, 15) is 14.0 Å². The number of carbonyl (C=O) groups is 2. The Hall–Kier alpha value is -4.20. The summed E-state index contributed by atoms with van der Waals surface area (Å²) in [5.74, 6) is 0.121. The number of ether oxygens (including phenoxy) is 3. The second-order valence-corrected chi connectivity index (χ2v) is 6.87. The van der Waals surface area contributed by atoms with Crippen molar-refractivity contribution in [3.63, 3.8) is 0 Å². The van der Waals surface area contributed by atoms with Crippen LogP contribution in [0.25, 0.3) is 0 Å². The number of rotatable bonds is 10. The van der Waals surface area contributed by atoms with Crippen LogP contribution in [0.3, 0.4) is 0 Å². The number of esters is 1. The zero-order chi connectivity index (χ0) is 23.5. The van der Waals surface area contributed by atoms with E-state index in [0.717, 1.165) is 6.42 Å². The van der Waals surface area contributed by atoms with Gasteiger partial charge in [-0.15, -0.1) is 0 Å². The van der Waals surface area contributed by atoms with Crippen molar-refractivity contribution in [3.8, 4) is 17.2 Å². The highest BCUT2D eigenvalue weighted by molar-refractivity contribution is 5.91. The second kappa shape index (κ2) is 12.0. The molecule has 0 aliphatic rings. The number of benzene rings is 3. The van der Waals surface area contributed by atoms with Crippen LogP contribution in [0.15, 0.2) is 77.9 Å². The van der Waals surface area contributed by atoms with Gasteiger partial charge in [0.2, 0.25) is 0 Å². The molecule has 0 fully saturated rings. The molecule has 7 nitrogen and oxygen atoms in total. The molecular formula is C25H23FN2O5. The first-order valence-corrected chi connectivity index (χ1v) is 10.3. The molecule has 0 unspecified atom stereocenters. The van der Waals surface area contributed by atoms with Crippen LogP contribution in [0.1, 0.15) is 29.3 Å². The highest BCUT2D eigenvalue weighted by atomic mass is 19.1. The summed E-state index contributed by atoms with van der Waals surface area (Å²) in [4.78, 5) is 24.1. The molecule has 170 valence electrons. The van der Waals surface area contributed by atoms with E-state index in [1.54, 1.807) is 48.5 Å². The zero-order valence-corrected chi connectivity index (χ0v) is 18.0. The lowest BCUT2D eigenvalue weighted by Crippen LogP contribution is -2.24. The number of hydrogen-bond acceptors (Lipinski definition) is 6. The Kier molecular flexibility index (Phi) is 8.53. The predicted octanol–water partition coefficient (Wildman–Crippen LogP) is 4.36. The molecule has 3 aromatic rings. The standard InChI is InChI=1S/C25H23FN2O5/c1-2-15-31-21-11-5-19(6-12-21)25(30)33-23-9-3-18(4-10-23)16-27-28-24(29)17-32-22-13-7-20(26)8-14-22/h3-14,16H,2,15,17H2,1H3,(H,28,29)/b27-16+. The Balaban J connectivity index is 1.44. The number of nitrogens with zero attached hydrogens (tertiary/aromatic N) is 1. The first-order valence-electron chi connectivity index (χ1n) is 10.3. The summed E-state index contributed by atoms with van der Waals surface area (Å²) < 4.78 is 28.9. The lowest BCUT2D eigenvalue weighted by atomic mass is 10.2. The maximum Gasteiger partial charge on any atom is 0.343 e. The number of amides is 1. The summed E-state index contributed by atoms with van der Waals surface area (Å²) in [5, 5.41) is 3.85. The molecule has 0 aromatic heterocycles. The first kappa shape index (κ1) is 23.5. The summed E-state index contributed by atoms with van der Waals surface area (Å²) in [6, 6.07) is 18.7. The SMILES string of the molecule is CCCOc1ccc(C(=O)Oc2ccc(/C=N/NC(=O)COc3ccc(F)cc3)cc2)cc1. The van der Waals surface area contributed by atoms with Crippen LogP contribution in [0.4, 0.5) is 4.39 Å². The quantitative estimate of drug-likeness (QED) is 0.215. The molecule has 0 saturated carbocycles. The predicted molar refractivity (Wildman–Crippen MR) is 121 cm³/mol. The third kappa shape index (κ3) is 7.77. The minimum Gasteiger partial charge on any atom is -0.494 e. The van der Waals surface area contributed by atoms with Crippen molar-refractivity contribution in [2.75, 3.05) is 13.2 Å². The maximum atomic E-state index is 12.8. The Bertz CT molecular complexity index is 1080. The number of hydrogen-bond donors (Lipinski definition) is 1.